The van der Waals surface area contributed by atoms with Gasteiger partial charge in [0.05, 0.1) is 24.7 Å². The normalized spacial score (nSPS) is 35.4. The number of aliphatic hydroxyl groups excluding tert-OH is 1. The molecule has 2 rings (SSSR count). The smallest absolute Gasteiger partial charge is 0.303 e. The number of carbonyl (C=O) groups excluding carboxylic acids is 2. The lowest BCUT2D eigenvalue weighted by Gasteiger charge is -2.46. The van der Waals surface area contributed by atoms with E-state index in [1.807, 2.05) is 0 Å². The number of rotatable bonds is 9. The molecule has 2 fully saturated rings. The summed E-state index contributed by atoms with van der Waals surface area (Å²) in [6.45, 7) is 1.53. The summed E-state index contributed by atoms with van der Waals surface area (Å²) in [4.78, 5) is 33.4. The highest BCUT2D eigenvalue weighted by Crippen LogP contribution is 2.35. The quantitative estimate of drug-likeness (QED) is 0.208. The fraction of sp³-hybridized carbons (Fsp3) is 0.875. The largest absolute Gasteiger partial charge is 0.459 e. The van der Waals surface area contributed by atoms with Gasteiger partial charge in [-0.25, -0.2) is 4.39 Å². The van der Waals surface area contributed by atoms with Crippen LogP contribution in [0.4, 0.5) is 4.39 Å². The summed E-state index contributed by atoms with van der Waals surface area (Å²) in [7, 11) is 0. The van der Waals surface area contributed by atoms with E-state index in [0.29, 0.717) is 0 Å². The van der Waals surface area contributed by atoms with Gasteiger partial charge in [-0.15, -0.1) is 0 Å². The van der Waals surface area contributed by atoms with Crippen LogP contribution in [0.3, 0.4) is 0 Å². The average molecular weight is 512 g/mol. The minimum Gasteiger partial charge on any atom is -0.459 e. The maximum atomic E-state index is 15.4. The summed E-state index contributed by atoms with van der Waals surface area (Å²) in [6.07, 6.45) is -12.0. The van der Waals surface area contributed by atoms with Gasteiger partial charge >= 0.3 is 11.9 Å². The number of aliphatic hydroxyl groups is 1. The Labute approximate surface area is 200 Å². The zero-order valence-corrected chi connectivity index (χ0v) is 18.8. The van der Waals surface area contributed by atoms with Gasteiger partial charge < -0.3 is 24.1 Å². The molecule has 1 saturated heterocycles. The number of hydrogen-bond acceptors (Lipinski definition) is 11. The standard InChI is InChI=1S/C16H21FN12O7/c1-5(30)33-13-7(23-27-19)3-8(24-28-20)14(12(13)32)36-16-11(25-29-21)10(17)15(34-6(2)31)9(35-16)4-22-26-18/h7-16,32H,3-4H2,1-2H3/t7?,8?,9-,10+,11?,12-,13+,14-,15-,16-/m1/s1. The Morgan fingerprint density at radius 1 is 0.944 bits per heavy atom. The molecule has 0 aromatic heterocycles. The van der Waals surface area contributed by atoms with E-state index in [-0.39, 0.29) is 6.42 Å². The first-order chi connectivity index (χ1) is 17.2. The van der Waals surface area contributed by atoms with Crippen LogP contribution in [-0.2, 0) is 28.5 Å². The first-order valence-electron chi connectivity index (χ1n) is 10.3. The van der Waals surface area contributed by atoms with Crippen molar-refractivity contribution in [2.45, 2.75) is 81.4 Å². The Kier molecular flexibility index (Phi) is 10.3. The number of hydrogen-bond donors (Lipinski definition) is 1. The lowest BCUT2D eigenvalue weighted by molar-refractivity contribution is -0.283. The van der Waals surface area contributed by atoms with Crippen LogP contribution < -0.4 is 0 Å². The number of alkyl halides is 1. The van der Waals surface area contributed by atoms with Gasteiger partial charge in [0.25, 0.3) is 0 Å². The van der Waals surface area contributed by atoms with Crippen LogP contribution >= 0.6 is 0 Å². The monoisotopic (exact) mass is 512 g/mol. The zero-order valence-electron chi connectivity index (χ0n) is 18.8. The number of ether oxygens (including phenoxy) is 4. The van der Waals surface area contributed by atoms with E-state index in [4.69, 9.17) is 41.1 Å². The first kappa shape index (κ1) is 28.2. The molecule has 10 atom stereocenters. The fourth-order valence-electron chi connectivity index (χ4n) is 3.95. The molecule has 3 unspecified atom stereocenters. The predicted octanol–water partition coefficient (Wildman–Crippen LogP) is 2.41. The van der Waals surface area contributed by atoms with Crippen molar-refractivity contribution in [2.75, 3.05) is 6.54 Å². The van der Waals surface area contributed by atoms with Gasteiger partial charge in [0, 0.05) is 33.5 Å². The van der Waals surface area contributed by atoms with Gasteiger partial charge in [-0.05, 0) is 28.5 Å². The lowest BCUT2D eigenvalue weighted by atomic mass is 9.84. The summed E-state index contributed by atoms with van der Waals surface area (Å²) in [6, 6.07) is -4.16. The van der Waals surface area contributed by atoms with E-state index < -0.39 is 79.6 Å². The molecule has 36 heavy (non-hydrogen) atoms. The van der Waals surface area contributed by atoms with Crippen LogP contribution in [0.15, 0.2) is 20.5 Å². The fourth-order valence-corrected chi connectivity index (χ4v) is 3.95. The van der Waals surface area contributed by atoms with Gasteiger partial charge in [0.2, 0.25) is 0 Å². The minimum atomic E-state index is -2.21. The summed E-state index contributed by atoms with van der Waals surface area (Å²) in [5, 5.41) is 24.5. The van der Waals surface area contributed by atoms with Crippen molar-refractivity contribution in [3.63, 3.8) is 0 Å². The minimum absolute atomic E-state index is 0.246. The molecule has 0 spiro atoms. The van der Waals surface area contributed by atoms with E-state index in [1.165, 1.54) is 0 Å². The molecule has 1 N–H and O–H groups in total. The maximum absolute atomic E-state index is 15.4. The van der Waals surface area contributed by atoms with E-state index in [0.717, 1.165) is 13.8 Å². The Morgan fingerprint density at radius 3 is 2.03 bits per heavy atom. The van der Waals surface area contributed by atoms with Crippen molar-refractivity contribution in [1.82, 2.24) is 0 Å². The molecule has 194 valence electrons. The first-order valence-corrected chi connectivity index (χ1v) is 10.3. The summed E-state index contributed by atoms with van der Waals surface area (Å²) >= 11 is 0. The second-order valence-electron chi connectivity index (χ2n) is 7.62. The molecule has 1 aliphatic carbocycles. The Hall–Kier alpha value is -4.01. The van der Waals surface area contributed by atoms with Gasteiger partial charge in [-0.1, -0.05) is 20.5 Å². The highest BCUT2D eigenvalue weighted by atomic mass is 19.1. The van der Waals surface area contributed by atoms with Gasteiger partial charge in [-0.2, -0.15) is 0 Å². The molecule has 0 amide bonds. The highest BCUT2D eigenvalue weighted by molar-refractivity contribution is 5.66. The predicted molar refractivity (Wildman–Crippen MR) is 113 cm³/mol. The molecular weight excluding hydrogens is 491 g/mol. The van der Waals surface area contributed by atoms with Crippen LogP contribution in [-0.4, -0.2) is 84.7 Å². The highest BCUT2D eigenvalue weighted by Gasteiger charge is 2.52. The van der Waals surface area contributed by atoms with Crippen LogP contribution in [0.25, 0.3) is 41.8 Å². The molecule has 2 aliphatic rings. The number of halogens is 1. The molecule has 19 nitrogen and oxygen atoms in total. The van der Waals surface area contributed by atoms with E-state index >= 15 is 4.39 Å². The maximum Gasteiger partial charge on any atom is 0.303 e. The third-order valence-corrected chi connectivity index (χ3v) is 5.31. The van der Waals surface area contributed by atoms with E-state index in [9.17, 15) is 14.7 Å². The van der Waals surface area contributed by atoms with Gasteiger partial charge in [0.1, 0.15) is 24.4 Å². The van der Waals surface area contributed by atoms with E-state index in [1.54, 1.807) is 0 Å². The second kappa shape index (κ2) is 13.2. The summed E-state index contributed by atoms with van der Waals surface area (Å²) < 4.78 is 36.7. The van der Waals surface area contributed by atoms with Crippen LogP contribution in [0, 0.1) is 0 Å². The second-order valence-corrected chi connectivity index (χ2v) is 7.62. The summed E-state index contributed by atoms with van der Waals surface area (Å²) in [5.74, 6) is -1.72. The molecule has 1 heterocycles. The van der Waals surface area contributed by atoms with Crippen molar-refractivity contribution in [1.29, 1.82) is 0 Å². The Bertz CT molecular complexity index is 1020. The van der Waals surface area contributed by atoms with Crippen LogP contribution in [0.2, 0.25) is 0 Å². The van der Waals surface area contributed by atoms with Crippen LogP contribution in [0.1, 0.15) is 20.3 Å². The Morgan fingerprint density at radius 2 is 1.50 bits per heavy atom. The molecular formula is C16H21FN12O7. The van der Waals surface area contributed by atoms with Crippen molar-refractivity contribution in [3.05, 3.63) is 41.8 Å². The molecule has 0 bridgehead atoms. The molecule has 20 heteroatoms. The topological polar surface area (TPSA) is 286 Å². The van der Waals surface area contributed by atoms with Gasteiger partial charge in [-0.3, -0.25) is 9.59 Å². The van der Waals surface area contributed by atoms with E-state index in [2.05, 4.69) is 40.1 Å². The van der Waals surface area contributed by atoms with Crippen molar-refractivity contribution < 1.29 is 38.0 Å². The number of esters is 2. The lowest BCUT2D eigenvalue weighted by Crippen LogP contribution is -2.62. The molecule has 0 radical (unpaired) electrons. The third kappa shape index (κ3) is 6.78. The molecule has 0 aromatic carbocycles. The van der Waals surface area contributed by atoms with Gasteiger partial charge in [0.15, 0.2) is 18.6 Å². The SMILES string of the molecule is CC(=O)O[C@@H]1[C@@H](CN=[N+]=[N-])O[C@H](O[C@@H]2C(N=[N+]=[N-])CC(N=[N+]=[N-])[C@H](OC(C)=O)[C@H]2O)C(N=[N+]=[N-])[C@@H]1F. The number of nitrogens with zero attached hydrogens (tertiary/aromatic N) is 12. The summed E-state index contributed by atoms with van der Waals surface area (Å²) in [5.41, 5.74) is 35.4. The molecule has 0 aromatic rings. The zero-order chi connectivity index (χ0) is 26.8. The Balaban J connectivity index is 2.46. The molecule has 1 saturated carbocycles. The molecule has 1 aliphatic heterocycles. The van der Waals surface area contributed by atoms with Crippen molar-refractivity contribution in [3.8, 4) is 0 Å². The average Bonchev–Trinajstić information content (AvgIpc) is 2.81. The van der Waals surface area contributed by atoms with Crippen LogP contribution in [0.5, 0.6) is 0 Å². The van der Waals surface area contributed by atoms with Crippen molar-refractivity contribution >= 4 is 11.9 Å². The van der Waals surface area contributed by atoms with Crippen molar-refractivity contribution in [2.24, 2.45) is 20.5 Å². The third-order valence-electron chi connectivity index (χ3n) is 5.31. The number of carbonyl (C=O) groups is 2. The number of azide groups is 4.